The first-order chi connectivity index (χ1) is 14.9. The summed E-state index contributed by atoms with van der Waals surface area (Å²) in [5.41, 5.74) is 7.65. The fourth-order valence-electron chi connectivity index (χ4n) is 3.76. The molecule has 0 saturated carbocycles. The van der Waals surface area contributed by atoms with E-state index in [-0.39, 0.29) is 5.91 Å². The van der Waals surface area contributed by atoms with Crippen LogP contribution in [0.2, 0.25) is 0 Å². The van der Waals surface area contributed by atoms with Gasteiger partial charge in [-0.25, -0.2) is 9.50 Å². The number of amides is 1. The summed E-state index contributed by atoms with van der Waals surface area (Å²) in [6, 6.07) is 14.4. The van der Waals surface area contributed by atoms with Crippen LogP contribution >= 0.6 is 0 Å². The van der Waals surface area contributed by atoms with Gasteiger partial charge in [-0.1, -0.05) is 35.9 Å². The molecule has 3 heterocycles. The highest BCUT2D eigenvalue weighted by Gasteiger charge is 2.21. The number of aryl methyl sites for hydroxylation is 3. The minimum atomic E-state index is -0.0801. The van der Waals surface area contributed by atoms with Crippen LogP contribution in [0.5, 0.6) is 0 Å². The highest BCUT2D eigenvalue weighted by molar-refractivity contribution is 5.99. The molecule has 0 radical (unpaired) electrons. The van der Waals surface area contributed by atoms with Gasteiger partial charge in [-0.15, -0.1) is 0 Å². The van der Waals surface area contributed by atoms with E-state index in [1.165, 1.54) is 11.1 Å². The maximum Gasteiger partial charge on any atom is 0.259 e. The second-order valence-electron chi connectivity index (χ2n) is 8.01. The lowest BCUT2D eigenvalue weighted by Crippen LogP contribution is -2.29. The summed E-state index contributed by atoms with van der Waals surface area (Å²) in [5.74, 6) is -0.0801. The van der Waals surface area contributed by atoms with Crippen LogP contribution in [-0.4, -0.2) is 44.0 Å². The van der Waals surface area contributed by atoms with Crippen LogP contribution in [0.15, 0.2) is 54.9 Å². The summed E-state index contributed by atoms with van der Waals surface area (Å²) in [6.45, 7) is 6.71. The van der Waals surface area contributed by atoms with Gasteiger partial charge in [0.2, 0.25) is 0 Å². The van der Waals surface area contributed by atoms with Crippen molar-refractivity contribution >= 4 is 11.6 Å². The first-order valence-corrected chi connectivity index (χ1v) is 10.5. The Morgan fingerprint density at radius 1 is 1.06 bits per heavy atom. The summed E-state index contributed by atoms with van der Waals surface area (Å²) in [6.07, 6.45) is 4.89. The van der Waals surface area contributed by atoms with E-state index in [9.17, 15) is 4.79 Å². The van der Waals surface area contributed by atoms with Crippen molar-refractivity contribution < 1.29 is 4.79 Å². The average Bonchev–Trinajstić information content (AvgIpc) is 3.20. The van der Waals surface area contributed by atoms with Crippen LogP contribution in [0.3, 0.4) is 0 Å². The van der Waals surface area contributed by atoms with Gasteiger partial charge in [-0.3, -0.25) is 9.78 Å². The predicted octanol–water partition coefficient (Wildman–Crippen LogP) is 3.96. The van der Waals surface area contributed by atoms with Crippen molar-refractivity contribution in [3.8, 4) is 0 Å². The fourth-order valence-corrected chi connectivity index (χ4v) is 3.76. The smallest absolute Gasteiger partial charge is 0.259 e. The Morgan fingerprint density at radius 2 is 1.84 bits per heavy atom. The molecular formula is C25H27N5O. The van der Waals surface area contributed by atoms with E-state index in [0.717, 1.165) is 29.1 Å². The monoisotopic (exact) mass is 413 g/mol. The van der Waals surface area contributed by atoms with Gasteiger partial charge in [-0.2, -0.15) is 5.10 Å². The third-order valence-corrected chi connectivity index (χ3v) is 5.72. The van der Waals surface area contributed by atoms with E-state index in [1.807, 2.05) is 32.0 Å². The lowest BCUT2D eigenvalue weighted by atomic mass is 10.0. The highest BCUT2D eigenvalue weighted by Crippen LogP contribution is 2.21. The van der Waals surface area contributed by atoms with E-state index in [2.05, 4.69) is 41.3 Å². The number of likely N-dealkylation sites (N-methyl/N-ethyl adjacent to an activating group) is 1. The van der Waals surface area contributed by atoms with Crippen LogP contribution in [0.1, 0.15) is 44.1 Å². The van der Waals surface area contributed by atoms with Crippen LogP contribution in [-0.2, 0) is 12.8 Å². The zero-order valence-corrected chi connectivity index (χ0v) is 18.5. The van der Waals surface area contributed by atoms with Gasteiger partial charge in [-0.05, 0) is 44.0 Å². The average molecular weight is 414 g/mol. The molecule has 0 N–H and O–H groups in total. The van der Waals surface area contributed by atoms with Crippen molar-refractivity contribution in [2.75, 3.05) is 13.6 Å². The number of pyridine rings is 1. The zero-order valence-electron chi connectivity index (χ0n) is 18.5. The first-order valence-electron chi connectivity index (χ1n) is 10.5. The highest BCUT2D eigenvalue weighted by atomic mass is 16.2. The summed E-state index contributed by atoms with van der Waals surface area (Å²) in [4.78, 5) is 23.9. The van der Waals surface area contributed by atoms with Gasteiger partial charge in [0, 0.05) is 49.7 Å². The number of hydrogen-bond acceptors (Lipinski definition) is 4. The lowest BCUT2D eigenvalue weighted by molar-refractivity contribution is 0.0798. The van der Waals surface area contributed by atoms with Crippen molar-refractivity contribution in [2.24, 2.45) is 0 Å². The largest absolute Gasteiger partial charge is 0.341 e. The van der Waals surface area contributed by atoms with Crippen molar-refractivity contribution in [1.29, 1.82) is 0 Å². The number of benzene rings is 1. The Labute approximate surface area is 182 Å². The molecular weight excluding hydrogens is 386 g/mol. The lowest BCUT2D eigenvalue weighted by Gasteiger charge is -2.16. The molecule has 0 aliphatic heterocycles. The van der Waals surface area contributed by atoms with Crippen molar-refractivity contribution in [2.45, 2.75) is 33.6 Å². The first kappa shape index (κ1) is 20.7. The summed E-state index contributed by atoms with van der Waals surface area (Å²) in [5, 5.41) is 4.49. The minimum absolute atomic E-state index is 0.0801. The van der Waals surface area contributed by atoms with E-state index in [4.69, 9.17) is 4.98 Å². The molecule has 31 heavy (non-hydrogen) atoms. The molecule has 4 aromatic rings. The molecule has 0 atom stereocenters. The topological polar surface area (TPSA) is 63.4 Å². The molecule has 0 unspecified atom stereocenters. The van der Waals surface area contributed by atoms with Gasteiger partial charge in [0.15, 0.2) is 5.65 Å². The Balaban J connectivity index is 1.58. The fraction of sp³-hybridized carbons (Fsp3) is 0.280. The quantitative estimate of drug-likeness (QED) is 0.480. The van der Waals surface area contributed by atoms with Crippen molar-refractivity contribution in [3.63, 3.8) is 0 Å². The van der Waals surface area contributed by atoms with Crippen molar-refractivity contribution in [3.05, 3.63) is 94.2 Å². The summed E-state index contributed by atoms with van der Waals surface area (Å²) in [7, 11) is 1.81. The second kappa shape index (κ2) is 8.68. The van der Waals surface area contributed by atoms with Gasteiger partial charge < -0.3 is 4.90 Å². The predicted molar refractivity (Wildman–Crippen MR) is 121 cm³/mol. The van der Waals surface area contributed by atoms with E-state index in [0.29, 0.717) is 24.2 Å². The third-order valence-electron chi connectivity index (χ3n) is 5.72. The Morgan fingerprint density at radius 3 is 2.55 bits per heavy atom. The molecule has 0 bridgehead atoms. The molecule has 158 valence electrons. The molecule has 6 nitrogen and oxygen atoms in total. The van der Waals surface area contributed by atoms with Gasteiger partial charge in [0.25, 0.3) is 5.91 Å². The summed E-state index contributed by atoms with van der Waals surface area (Å²) >= 11 is 0. The summed E-state index contributed by atoms with van der Waals surface area (Å²) < 4.78 is 1.79. The number of carbonyl (C=O) groups excluding carboxylic acids is 1. The van der Waals surface area contributed by atoms with Crippen LogP contribution in [0.4, 0.5) is 0 Å². The molecule has 0 saturated heterocycles. The van der Waals surface area contributed by atoms with E-state index in [1.54, 1.807) is 28.9 Å². The molecule has 0 spiro atoms. The molecule has 1 amide bonds. The maximum absolute atomic E-state index is 13.1. The number of hydrogen-bond donors (Lipinski definition) is 0. The number of aromatic nitrogens is 4. The number of carbonyl (C=O) groups is 1. The Kier molecular flexibility index (Phi) is 5.80. The number of rotatable bonds is 6. The number of nitrogens with zero attached hydrogens (tertiary/aromatic N) is 5. The zero-order chi connectivity index (χ0) is 22.0. The molecule has 0 aliphatic rings. The second-order valence-corrected chi connectivity index (χ2v) is 8.01. The number of fused-ring (bicyclic) bond motifs is 1. The maximum atomic E-state index is 13.1. The van der Waals surface area contributed by atoms with Crippen LogP contribution < -0.4 is 0 Å². The normalized spacial score (nSPS) is 11.1. The van der Waals surface area contributed by atoms with Gasteiger partial charge >= 0.3 is 0 Å². The molecule has 3 aromatic heterocycles. The van der Waals surface area contributed by atoms with Crippen molar-refractivity contribution in [1.82, 2.24) is 24.5 Å². The van der Waals surface area contributed by atoms with Crippen LogP contribution in [0.25, 0.3) is 5.65 Å². The van der Waals surface area contributed by atoms with Gasteiger partial charge in [0.05, 0.1) is 6.20 Å². The Bertz CT molecular complexity index is 1210. The minimum Gasteiger partial charge on any atom is -0.341 e. The SMILES string of the molecule is Cc1ccc(Cc2c(C)nc3c(C(=O)N(C)CCc4ccccn4)cnn3c2C)cc1. The van der Waals surface area contributed by atoms with E-state index < -0.39 is 0 Å². The van der Waals surface area contributed by atoms with E-state index >= 15 is 0 Å². The third kappa shape index (κ3) is 4.33. The molecule has 6 heteroatoms. The molecule has 4 rings (SSSR count). The van der Waals surface area contributed by atoms with Gasteiger partial charge in [0.1, 0.15) is 5.56 Å². The molecule has 0 aliphatic carbocycles. The molecule has 0 fully saturated rings. The Hall–Kier alpha value is -3.54. The molecule has 1 aromatic carbocycles. The standard InChI is InChI=1S/C25H27N5O/c1-17-8-10-20(11-9-17)15-22-18(2)28-24-23(16-27-30(24)19(22)3)25(31)29(4)14-12-21-7-5-6-13-26-21/h5-11,13,16H,12,14-15H2,1-4H3. The van der Waals surface area contributed by atoms with Crippen LogP contribution in [0, 0.1) is 20.8 Å².